The molecule has 0 aliphatic heterocycles. The highest BCUT2D eigenvalue weighted by molar-refractivity contribution is 4.88. The highest BCUT2D eigenvalue weighted by Gasteiger charge is 2.33. The lowest BCUT2D eigenvalue weighted by Crippen LogP contribution is -2.39. The molecule has 0 bridgehead atoms. The van der Waals surface area contributed by atoms with Crippen LogP contribution < -0.4 is 5.32 Å². The van der Waals surface area contributed by atoms with E-state index in [1.807, 2.05) is 7.05 Å². The Bertz CT molecular complexity index is 176. The topological polar surface area (TPSA) is 21.3 Å². The van der Waals surface area contributed by atoms with Gasteiger partial charge in [0.1, 0.15) is 0 Å². The SMILES string of the molecule is CCCCCCCCOC1(CNC)CCCC1. The van der Waals surface area contributed by atoms with Gasteiger partial charge in [-0.1, -0.05) is 51.9 Å². The van der Waals surface area contributed by atoms with E-state index < -0.39 is 0 Å². The molecule has 0 spiro atoms. The van der Waals surface area contributed by atoms with Crippen molar-refractivity contribution >= 4 is 0 Å². The van der Waals surface area contributed by atoms with Gasteiger partial charge in [-0.05, 0) is 26.3 Å². The Morgan fingerprint density at radius 3 is 2.29 bits per heavy atom. The van der Waals surface area contributed by atoms with Crippen molar-refractivity contribution in [2.24, 2.45) is 0 Å². The summed E-state index contributed by atoms with van der Waals surface area (Å²) in [6.07, 6.45) is 13.3. The first-order valence-electron chi connectivity index (χ1n) is 7.61. The Balaban J connectivity index is 2.03. The van der Waals surface area contributed by atoms with Gasteiger partial charge >= 0.3 is 0 Å². The van der Waals surface area contributed by atoms with Crippen LogP contribution in [0.4, 0.5) is 0 Å². The van der Waals surface area contributed by atoms with Crippen LogP contribution in [0.15, 0.2) is 0 Å². The fourth-order valence-corrected chi connectivity index (χ4v) is 2.88. The van der Waals surface area contributed by atoms with E-state index in [1.54, 1.807) is 0 Å². The summed E-state index contributed by atoms with van der Waals surface area (Å²) in [5, 5.41) is 3.29. The first kappa shape index (κ1) is 15.0. The zero-order valence-corrected chi connectivity index (χ0v) is 11.9. The van der Waals surface area contributed by atoms with Crippen molar-refractivity contribution in [1.29, 1.82) is 0 Å². The smallest absolute Gasteiger partial charge is 0.0806 e. The molecule has 2 heteroatoms. The molecule has 0 aromatic carbocycles. The number of nitrogens with one attached hydrogen (secondary N) is 1. The van der Waals surface area contributed by atoms with Gasteiger partial charge in [0, 0.05) is 13.2 Å². The van der Waals surface area contributed by atoms with Crippen LogP contribution in [0.3, 0.4) is 0 Å². The summed E-state index contributed by atoms with van der Waals surface area (Å²) in [7, 11) is 2.04. The lowest BCUT2D eigenvalue weighted by Gasteiger charge is -2.29. The van der Waals surface area contributed by atoms with Crippen LogP contribution in [0.25, 0.3) is 0 Å². The number of rotatable bonds is 10. The summed E-state index contributed by atoms with van der Waals surface area (Å²) < 4.78 is 6.18. The van der Waals surface area contributed by atoms with Gasteiger partial charge in [-0.25, -0.2) is 0 Å². The highest BCUT2D eigenvalue weighted by Crippen LogP contribution is 2.32. The van der Waals surface area contributed by atoms with Crippen LogP contribution in [-0.4, -0.2) is 25.8 Å². The molecule has 0 amide bonds. The maximum atomic E-state index is 6.18. The fourth-order valence-electron chi connectivity index (χ4n) is 2.88. The molecule has 17 heavy (non-hydrogen) atoms. The highest BCUT2D eigenvalue weighted by atomic mass is 16.5. The molecule has 102 valence electrons. The first-order valence-corrected chi connectivity index (χ1v) is 7.61. The van der Waals surface area contributed by atoms with Crippen molar-refractivity contribution in [3.8, 4) is 0 Å². The van der Waals surface area contributed by atoms with Crippen LogP contribution in [-0.2, 0) is 4.74 Å². The van der Waals surface area contributed by atoms with Gasteiger partial charge in [0.15, 0.2) is 0 Å². The second-order valence-electron chi connectivity index (χ2n) is 5.54. The summed E-state index contributed by atoms with van der Waals surface area (Å²) >= 11 is 0. The number of ether oxygens (including phenoxy) is 1. The molecule has 2 nitrogen and oxygen atoms in total. The standard InChI is InChI=1S/C15H31NO/c1-3-4-5-6-7-10-13-17-15(14-16-2)11-8-9-12-15/h16H,3-14H2,1-2H3. The minimum atomic E-state index is 0.179. The zero-order chi connectivity index (χ0) is 12.4. The van der Waals surface area contributed by atoms with E-state index >= 15 is 0 Å². The predicted octanol–water partition coefficient (Wildman–Crippen LogP) is 3.90. The number of unbranched alkanes of at least 4 members (excludes halogenated alkanes) is 5. The Hall–Kier alpha value is -0.0800. The molecule has 1 aliphatic carbocycles. The Kier molecular flexibility index (Phi) is 7.87. The molecule has 1 rings (SSSR count). The second-order valence-corrected chi connectivity index (χ2v) is 5.54. The minimum Gasteiger partial charge on any atom is -0.374 e. The van der Waals surface area contributed by atoms with E-state index in [2.05, 4.69) is 12.2 Å². The number of likely N-dealkylation sites (N-methyl/N-ethyl adjacent to an activating group) is 1. The second kappa shape index (κ2) is 8.93. The van der Waals surface area contributed by atoms with Crippen LogP contribution in [0.2, 0.25) is 0 Å². The monoisotopic (exact) mass is 241 g/mol. The zero-order valence-electron chi connectivity index (χ0n) is 11.9. The third kappa shape index (κ3) is 5.87. The summed E-state index contributed by atoms with van der Waals surface area (Å²) in [6, 6.07) is 0. The van der Waals surface area contributed by atoms with Gasteiger partial charge in [0.25, 0.3) is 0 Å². The van der Waals surface area contributed by atoms with E-state index in [0.29, 0.717) is 0 Å². The van der Waals surface area contributed by atoms with Crippen molar-refractivity contribution < 1.29 is 4.74 Å². The largest absolute Gasteiger partial charge is 0.374 e. The molecule has 0 heterocycles. The van der Waals surface area contributed by atoms with Crippen molar-refractivity contribution in [3.05, 3.63) is 0 Å². The molecule has 0 radical (unpaired) electrons. The third-order valence-corrected chi connectivity index (χ3v) is 3.92. The molecule has 1 saturated carbocycles. The van der Waals surface area contributed by atoms with Crippen LogP contribution >= 0.6 is 0 Å². The van der Waals surface area contributed by atoms with Crippen molar-refractivity contribution in [1.82, 2.24) is 5.32 Å². The molecule has 0 aromatic rings. The summed E-state index contributed by atoms with van der Waals surface area (Å²) in [4.78, 5) is 0. The molecule has 1 fully saturated rings. The normalized spacial score (nSPS) is 18.7. The van der Waals surface area contributed by atoms with Gasteiger partial charge in [0.2, 0.25) is 0 Å². The van der Waals surface area contributed by atoms with Gasteiger partial charge in [-0.15, -0.1) is 0 Å². The lowest BCUT2D eigenvalue weighted by atomic mass is 10.0. The Labute approximate surface area is 108 Å². The van der Waals surface area contributed by atoms with E-state index in [9.17, 15) is 0 Å². The third-order valence-electron chi connectivity index (χ3n) is 3.92. The van der Waals surface area contributed by atoms with Crippen LogP contribution in [0.5, 0.6) is 0 Å². The molecule has 0 aromatic heterocycles. The lowest BCUT2D eigenvalue weighted by molar-refractivity contribution is -0.0397. The number of hydrogen-bond acceptors (Lipinski definition) is 2. The van der Waals surface area contributed by atoms with Gasteiger partial charge < -0.3 is 10.1 Å². The van der Waals surface area contributed by atoms with E-state index in [1.165, 1.54) is 64.2 Å². The molecule has 1 N–H and O–H groups in total. The van der Waals surface area contributed by atoms with E-state index in [-0.39, 0.29) is 5.60 Å². The Morgan fingerprint density at radius 2 is 1.65 bits per heavy atom. The maximum absolute atomic E-state index is 6.18. The predicted molar refractivity (Wildman–Crippen MR) is 74.5 cm³/mol. The number of hydrogen-bond donors (Lipinski definition) is 1. The molecule has 0 atom stereocenters. The van der Waals surface area contributed by atoms with E-state index in [0.717, 1.165) is 13.2 Å². The van der Waals surface area contributed by atoms with Crippen molar-refractivity contribution in [2.75, 3.05) is 20.2 Å². The molecule has 1 aliphatic rings. The van der Waals surface area contributed by atoms with Gasteiger partial charge in [0.05, 0.1) is 5.60 Å². The van der Waals surface area contributed by atoms with Crippen LogP contribution in [0, 0.1) is 0 Å². The molecule has 0 unspecified atom stereocenters. The maximum Gasteiger partial charge on any atom is 0.0806 e. The minimum absolute atomic E-state index is 0.179. The summed E-state index contributed by atoms with van der Waals surface area (Å²) in [5.41, 5.74) is 0.179. The summed E-state index contributed by atoms with van der Waals surface area (Å²) in [5.74, 6) is 0. The average molecular weight is 241 g/mol. The fraction of sp³-hybridized carbons (Fsp3) is 1.00. The first-order chi connectivity index (χ1) is 8.33. The Morgan fingerprint density at radius 1 is 1.00 bits per heavy atom. The molecular formula is C15H31NO. The van der Waals surface area contributed by atoms with Crippen molar-refractivity contribution in [3.63, 3.8) is 0 Å². The van der Waals surface area contributed by atoms with Gasteiger partial charge in [-0.2, -0.15) is 0 Å². The molecule has 0 saturated heterocycles. The van der Waals surface area contributed by atoms with Crippen LogP contribution in [0.1, 0.15) is 71.1 Å². The quantitative estimate of drug-likeness (QED) is 0.586. The average Bonchev–Trinajstić information content (AvgIpc) is 2.77. The van der Waals surface area contributed by atoms with E-state index in [4.69, 9.17) is 4.74 Å². The van der Waals surface area contributed by atoms with Crippen molar-refractivity contribution in [2.45, 2.75) is 76.7 Å². The summed E-state index contributed by atoms with van der Waals surface area (Å²) in [6.45, 7) is 4.27. The van der Waals surface area contributed by atoms with Gasteiger partial charge in [-0.3, -0.25) is 0 Å². The molecular weight excluding hydrogens is 210 g/mol.